The Morgan fingerprint density at radius 1 is 0.857 bits per heavy atom. The zero-order chi connectivity index (χ0) is 24.8. The molecule has 7 heteroatoms. The molecule has 35 heavy (non-hydrogen) atoms. The zero-order valence-corrected chi connectivity index (χ0v) is 19.8. The number of carbonyl (C=O) groups is 2. The summed E-state index contributed by atoms with van der Waals surface area (Å²) in [6.45, 7) is 3.78. The van der Waals surface area contributed by atoms with Crippen LogP contribution in [0, 0.1) is 0 Å². The van der Waals surface area contributed by atoms with Crippen molar-refractivity contribution in [1.29, 1.82) is 0 Å². The van der Waals surface area contributed by atoms with Crippen LogP contribution in [-0.2, 0) is 28.9 Å². The van der Waals surface area contributed by atoms with Gasteiger partial charge in [0.05, 0.1) is 11.9 Å². The Balaban J connectivity index is 1.57. The molecule has 0 saturated heterocycles. The van der Waals surface area contributed by atoms with Crippen LogP contribution >= 0.6 is 0 Å². The van der Waals surface area contributed by atoms with E-state index in [1.165, 1.54) is 4.68 Å². The molecule has 0 saturated carbocycles. The molecule has 0 fully saturated rings. The van der Waals surface area contributed by atoms with Crippen molar-refractivity contribution >= 4 is 28.3 Å². The van der Waals surface area contributed by atoms with E-state index in [0.29, 0.717) is 10.8 Å². The Bertz CT molecular complexity index is 1410. The van der Waals surface area contributed by atoms with E-state index in [1.807, 2.05) is 62.4 Å². The number of nitrogens with zero attached hydrogens (tertiary/aromatic N) is 2. The van der Waals surface area contributed by atoms with Gasteiger partial charge in [0, 0.05) is 11.1 Å². The highest BCUT2D eigenvalue weighted by atomic mass is 16.5. The molecule has 0 aliphatic heterocycles. The number of nitrogens with one attached hydrogen (secondary N) is 1. The first kappa shape index (κ1) is 23.9. The molecule has 3 aromatic carbocycles. The maximum Gasteiger partial charge on any atom is 0.359 e. The lowest BCUT2D eigenvalue weighted by molar-refractivity contribution is -0.119. The van der Waals surface area contributed by atoms with Crippen LogP contribution in [0.5, 0.6) is 0 Å². The molecule has 4 rings (SSSR count). The number of hydrogen-bond acceptors (Lipinski definition) is 5. The first-order valence-electron chi connectivity index (χ1n) is 11.6. The standard InChI is InChI=1S/C28H27N3O4/c1-3-20-13-10-14-21(4-2)25(20)29-24(32)18-35-28(34)26-22-15-8-9-16-23(22)27(33)31(30-26)17-19-11-6-5-7-12-19/h5-16H,3-4,17-18H2,1-2H3,(H,29,32). The molecule has 0 unspecified atom stereocenters. The minimum Gasteiger partial charge on any atom is -0.451 e. The molecule has 0 radical (unpaired) electrons. The number of aryl methyl sites for hydroxylation is 2. The maximum absolute atomic E-state index is 13.0. The van der Waals surface area contributed by atoms with Crippen molar-refractivity contribution in [3.8, 4) is 0 Å². The van der Waals surface area contributed by atoms with E-state index in [4.69, 9.17) is 4.74 Å². The number of para-hydroxylation sites is 1. The van der Waals surface area contributed by atoms with Gasteiger partial charge in [0.25, 0.3) is 11.5 Å². The van der Waals surface area contributed by atoms with E-state index >= 15 is 0 Å². The van der Waals surface area contributed by atoms with Crippen LogP contribution < -0.4 is 10.9 Å². The molecule has 0 atom stereocenters. The summed E-state index contributed by atoms with van der Waals surface area (Å²) in [5.41, 5.74) is 3.36. The van der Waals surface area contributed by atoms with Gasteiger partial charge in [-0.3, -0.25) is 9.59 Å². The molecule has 178 valence electrons. The van der Waals surface area contributed by atoms with Crippen molar-refractivity contribution in [1.82, 2.24) is 9.78 Å². The Morgan fingerprint density at radius 3 is 2.14 bits per heavy atom. The number of rotatable bonds is 8. The number of anilines is 1. The molecular formula is C28H27N3O4. The summed E-state index contributed by atoms with van der Waals surface area (Å²) in [5, 5.41) is 7.94. The van der Waals surface area contributed by atoms with E-state index in [-0.39, 0.29) is 17.8 Å². The van der Waals surface area contributed by atoms with E-state index in [0.717, 1.165) is 35.2 Å². The van der Waals surface area contributed by atoms with Crippen molar-refractivity contribution in [3.05, 3.63) is 106 Å². The van der Waals surface area contributed by atoms with Crippen molar-refractivity contribution in [2.24, 2.45) is 0 Å². The van der Waals surface area contributed by atoms with E-state index in [9.17, 15) is 14.4 Å². The van der Waals surface area contributed by atoms with Crippen LogP contribution in [0.15, 0.2) is 77.6 Å². The van der Waals surface area contributed by atoms with Gasteiger partial charge in [0.2, 0.25) is 0 Å². The van der Waals surface area contributed by atoms with E-state index in [1.54, 1.807) is 24.3 Å². The Morgan fingerprint density at radius 2 is 1.49 bits per heavy atom. The predicted octanol–water partition coefficient (Wildman–Crippen LogP) is 4.37. The second-order valence-corrected chi connectivity index (χ2v) is 8.13. The van der Waals surface area contributed by atoms with Gasteiger partial charge in [-0.25, -0.2) is 9.48 Å². The van der Waals surface area contributed by atoms with E-state index in [2.05, 4.69) is 10.4 Å². The highest BCUT2D eigenvalue weighted by Gasteiger charge is 2.20. The number of esters is 1. The molecule has 1 N–H and O–H groups in total. The molecule has 1 heterocycles. The lowest BCUT2D eigenvalue weighted by Gasteiger charge is -2.15. The van der Waals surface area contributed by atoms with Crippen LogP contribution in [0.1, 0.15) is 41.0 Å². The Hall–Kier alpha value is -4.26. The average molecular weight is 470 g/mol. The Kier molecular flexibility index (Phi) is 7.35. The zero-order valence-electron chi connectivity index (χ0n) is 19.8. The minimum atomic E-state index is -0.766. The third-order valence-electron chi connectivity index (χ3n) is 5.83. The van der Waals surface area contributed by atoms with Gasteiger partial charge in [0.15, 0.2) is 12.3 Å². The minimum absolute atomic E-state index is 0.00728. The second kappa shape index (κ2) is 10.8. The summed E-state index contributed by atoms with van der Waals surface area (Å²) in [5.74, 6) is -1.20. The summed E-state index contributed by atoms with van der Waals surface area (Å²) in [4.78, 5) is 38.6. The normalized spacial score (nSPS) is 10.8. The van der Waals surface area contributed by atoms with Crippen LogP contribution in [0.25, 0.3) is 10.8 Å². The van der Waals surface area contributed by atoms with Crippen molar-refractivity contribution < 1.29 is 14.3 Å². The highest BCUT2D eigenvalue weighted by molar-refractivity contribution is 6.03. The van der Waals surface area contributed by atoms with Gasteiger partial charge in [-0.05, 0) is 35.6 Å². The van der Waals surface area contributed by atoms with Crippen LogP contribution in [0.4, 0.5) is 5.69 Å². The molecule has 0 aliphatic rings. The molecular weight excluding hydrogens is 442 g/mol. The van der Waals surface area contributed by atoms with Gasteiger partial charge >= 0.3 is 5.97 Å². The maximum atomic E-state index is 13.0. The molecule has 0 spiro atoms. The summed E-state index contributed by atoms with van der Waals surface area (Å²) in [7, 11) is 0. The quantitative estimate of drug-likeness (QED) is 0.387. The lowest BCUT2D eigenvalue weighted by atomic mass is 10.0. The summed E-state index contributed by atoms with van der Waals surface area (Å²) >= 11 is 0. The predicted molar refractivity (Wildman–Crippen MR) is 136 cm³/mol. The summed E-state index contributed by atoms with van der Waals surface area (Å²) in [6, 6.07) is 22.0. The van der Waals surface area contributed by atoms with Gasteiger partial charge in [-0.1, -0.05) is 80.6 Å². The van der Waals surface area contributed by atoms with Crippen molar-refractivity contribution in [2.75, 3.05) is 11.9 Å². The SMILES string of the molecule is CCc1cccc(CC)c1NC(=O)COC(=O)c1nn(Cc2ccccc2)c(=O)c2ccccc12. The van der Waals surface area contributed by atoms with Crippen LogP contribution in [0.3, 0.4) is 0 Å². The molecule has 1 amide bonds. The fraction of sp³-hybridized carbons (Fsp3) is 0.214. The summed E-state index contributed by atoms with van der Waals surface area (Å²) < 4.78 is 6.58. The van der Waals surface area contributed by atoms with Crippen LogP contribution in [-0.4, -0.2) is 28.3 Å². The number of benzene rings is 3. The largest absolute Gasteiger partial charge is 0.451 e. The smallest absolute Gasteiger partial charge is 0.359 e. The third kappa shape index (κ3) is 5.30. The Labute approximate surface area is 203 Å². The van der Waals surface area contributed by atoms with Crippen molar-refractivity contribution in [2.45, 2.75) is 33.2 Å². The first-order chi connectivity index (χ1) is 17.0. The number of fused-ring (bicyclic) bond motifs is 1. The third-order valence-corrected chi connectivity index (χ3v) is 5.83. The fourth-order valence-electron chi connectivity index (χ4n) is 4.03. The van der Waals surface area contributed by atoms with E-state index < -0.39 is 18.5 Å². The average Bonchev–Trinajstić information content (AvgIpc) is 2.89. The van der Waals surface area contributed by atoms with Gasteiger partial charge in [-0.2, -0.15) is 5.10 Å². The van der Waals surface area contributed by atoms with Gasteiger partial charge in [0.1, 0.15) is 0 Å². The first-order valence-corrected chi connectivity index (χ1v) is 11.6. The number of hydrogen-bond donors (Lipinski definition) is 1. The van der Waals surface area contributed by atoms with Gasteiger partial charge < -0.3 is 10.1 Å². The molecule has 4 aromatic rings. The molecule has 0 bridgehead atoms. The number of aromatic nitrogens is 2. The number of amides is 1. The molecule has 7 nitrogen and oxygen atoms in total. The second-order valence-electron chi connectivity index (χ2n) is 8.13. The monoisotopic (exact) mass is 469 g/mol. The topological polar surface area (TPSA) is 90.3 Å². The fourth-order valence-corrected chi connectivity index (χ4v) is 4.03. The molecule has 1 aromatic heterocycles. The molecule has 0 aliphatic carbocycles. The van der Waals surface area contributed by atoms with Gasteiger partial charge in [-0.15, -0.1) is 0 Å². The summed E-state index contributed by atoms with van der Waals surface area (Å²) in [6.07, 6.45) is 1.53. The number of carbonyl (C=O) groups excluding carboxylic acids is 2. The lowest BCUT2D eigenvalue weighted by Crippen LogP contribution is -2.28. The van der Waals surface area contributed by atoms with Crippen LogP contribution in [0.2, 0.25) is 0 Å². The van der Waals surface area contributed by atoms with Crippen molar-refractivity contribution in [3.63, 3.8) is 0 Å². The highest BCUT2D eigenvalue weighted by Crippen LogP contribution is 2.22. The number of ether oxygens (including phenoxy) is 1.